The van der Waals surface area contributed by atoms with E-state index in [9.17, 15) is 0 Å². The molecule has 0 bridgehead atoms. The van der Waals surface area contributed by atoms with E-state index >= 15 is 0 Å². The monoisotopic (exact) mass is 404 g/mol. The first-order valence-electron chi connectivity index (χ1n) is 10.2. The Morgan fingerprint density at radius 1 is 0.750 bits per heavy atom. The summed E-state index contributed by atoms with van der Waals surface area (Å²) in [6.45, 7) is 5.54. The normalized spacial score (nSPS) is 21.5. The van der Waals surface area contributed by atoms with Crippen molar-refractivity contribution in [2.45, 2.75) is 64.2 Å². The molecule has 0 aliphatic carbocycles. The number of hydrogen-bond acceptors (Lipinski definition) is 3. The summed E-state index contributed by atoms with van der Waals surface area (Å²) in [7, 11) is 4.43. The van der Waals surface area contributed by atoms with Crippen LogP contribution in [0.5, 0.6) is 0 Å². The summed E-state index contributed by atoms with van der Waals surface area (Å²) in [5.41, 5.74) is 0. The largest absolute Gasteiger partial charge is 0.396 e. The molecule has 0 amide bonds. The van der Waals surface area contributed by atoms with Gasteiger partial charge in [0.2, 0.25) is 0 Å². The Balaban J connectivity index is 0.000000240. The second-order valence-corrected chi connectivity index (χ2v) is 8.69. The molecule has 0 radical (unpaired) electrons. The van der Waals surface area contributed by atoms with Gasteiger partial charge in [-0.1, -0.05) is 41.6 Å². The molecule has 0 aromatic heterocycles. The third kappa shape index (κ3) is 11.1. The molecular formula is C20H41BrN2O. The van der Waals surface area contributed by atoms with Gasteiger partial charge in [-0.2, -0.15) is 0 Å². The Morgan fingerprint density at radius 2 is 1.17 bits per heavy atom. The molecule has 2 fully saturated rings. The Hall–Kier alpha value is 0.360. The number of aliphatic hydroxyl groups is 1. The van der Waals surface area contributed by atoms with E-state index in [-0.39, 0.29) is 0 Å². The van der Waals surface area contributed by atoms with E-state index in [1.165, 1.54) is 89.3 Å². The van der Waals surface area contributed by atoms with Crippen molar-refractivity contribution >= 4 is 15.9 Å². The molecule has 0 aromatic carbocycles. The van der Waals surface area contributed by atoms with E-state index in [1.807, 2.05) is 0 Å². The van der Waals surface area contributed by atoms with E-state index in [0.29, 0.717) is 6.61 Å². The smallest absolute Gasteiger partial charge is 0.0431 e. The summed E-state index contributed by atoms with van der Waals surface area (Å²) >= 11 is 3.48. The van der Waals surface area contributed by atoms with E-state index in [2.05, 4.69) is 39.8 Å². The summed E-state index contributed by atoms with van der Waals surface area (Å²) in [5.74, 6) is 1.97. The van der Waals surface area contributed by atoms with E-state index in [4.69, 9.17) is 5.11 Å². The molecule has 0 spiro atoms. The van der Waals surface area contributed by atoms with Crippen molar-refractivity contribution in [2.24, 2.45) is 11.8 Å². The number of halogens is 1. The Labute approximate surface area is 159 Å². The van der Waals surface area contributed by atoms with Crippen molar-refractivity contribution in [3.05, 3.63) is 0 Å². The molecule has 24 heavy (non-hydrogen) atoms. The second kappa shape index (κ2) is 14.5. The third-order valence-corrected chi connectivity index (χ3v) is 6.25. The van der Waals surface area contributed by atoms with Crippen molar-refractivity contribution in [1.82, 2.24) is 9.80 Å². The Morgan fingerprint density at radius 3 is 1.54 bits per heavy atom. The van der Waals surface area contributed by atoms with Crippen LogP contribution in [-0.4, -0.2) is 67.1 Å². The molecule has 1 N–H and O–H groups in total. The highest BCUT2D eigenvalue weighted by Crippen LogP contribution is 2.22. The van der Waals surface area contributed by atoms with Crippen molar-refractivity contribution in [2.75, 3.05) is 52.2 Å². The molecule has 0 atom stereocenters. The predicted molar refractivity (Wildman–Crippen MR) is 109 cm³/mol. The van der Waals surface area contributed by atoms with Crippen molar-refractivity contribution < 1.29 is 5.11 Å². The van der Waals surface area contributed by atoms with Gasteiger partial charge in [0.25, 0.3) is 0 Å². The summed E-state index contributed by atoms with van der Waals surface area (Å²) in [6, 6.07) is 0. The van der Waals surface area contributed by atoms with Gasteiger partial charge in [-0.05, 0) is 90.6 Å². The molecule has 0 saturated carbocycles. The average Bonchev–Trinajstić information content (AvgIpc) is 2.59. The van der Waals surface area contributed by atoms with Gasteiger partial charge in [0.05, 0.1) is 0 Å². The van der Waals surface area contributed by atoms with Gasteiger partial charge < -0.3 is 14.9 Å². The predicted octanol–water partition coefficient (Wildman–Crippen LogP) is 4.38. The van der Waals surface area contributed by atoms with Crippen LogP contribution in [-0.2, 0) is 0 Å². The van der Waals surface area contributed by atoms with Gasteiger partial charge in [0, 0.05) is 11.9 Å². The standard InChI is InChI=1S/C10H20BrN.C10H21NO/c1-12-8-5-10(6-9-12)4-2-3-7-11;1-11-7-5-10(6-8-11)4-2-3-9-12/h10H,2-9H2,1H3;10,12H,2-9H2,1H3. The highest BCUT2D eigenvalue weighted by molar-refractivity contribution is 9.09. The molecule has 0 unspecified atom stereocenters. The molecule has 0 aromatic rings. The number of likely N-dealkylation sites (tertiary alicyclic amines) is 2. The van der Waals surface area contributed by atoms with E-state index in [0.717, 1.165) is 18.3 Å². The van der Waals surface area contributed by atoms with Gasteiger partial charge in [-0.15, -0.1) is 0 Å². The fraction of sp³-hybridized carbons (Fsp3) is 1.00. The highest BCUT2D eigenvalue weighted by atomic mass is 79.9. The molecule has 4 heteroatoms. The lowest BCUT2D eigenvalue weighted by molar-refractivity contribution is 0.204. The minimum absolute atomic E-state index is 0.368. The average molecular weight is 405 g/mol. The molecule has 144 valence electrons. The quantitative estimate of drug-likeness (QED) is 0.480. The number of rotatable bonds is 8. The molecule has 3 nitrogen and oxygen atoms in total. The number of unbranched alkanes of at least 4 members (excludes halogenated alkanes) is 2. The minimum Gasteiger partial charge on any atom is -0.396 e. The highest BCUT2D eigenvalue weighted by Gasteiger charge is 2.16. The topological polar surface area (TPSA) is 26.7 Å². The number of aliphatic hydroxyl groups excluding tert-OH is 1. The first-order valence-corrected chi connectivity index (χ1v) is 11.3. The van der Waals surface area contributed by atoms with E-state index in [1.54, 1.807) is 0 Å². The molecule has 2 heterocycles. The van der Waals surface area contributed by atoms with Crippen LogP contribution in [0.15, 0.2) is 0 Å². The van der Waals surface area contributed by atoms with Crippen molar-refractivity contribution in [3.63, 3.8) is 0 Å². The zero-order valence-corrected chi connectivity index (χ0v) is 17.8. The summed E-state index contributed by atoms with van der Waals surface area (Å²) in [6.07, 6.45) is 13.3. The summed E-state index contributed by atoms with van der Waals surface area (Å²) < 4.78 is 0. The lowest BCUT2D eigenvalue weighted by Gasteiger charge is -2.28. The van der Waals surface area contributed by atoms with Crippen molar-refractivity contribution in [3.8, 4) is 0 Å². The maximum Gasteiger partial charge on any atom is 0.0431 e. The first kappa shape index (κ1) is 22.4. The van der Waals surface area contributed by atoms with Crippen LogP contribution in [0.1, 0.15) is 64.2 Å². The van der Waals surface area contributed by atoms with Gasteiger partial charge in [0.15, 0.2) is 0 Å². The summed E-state index contributed by atoms with van der Waals surface area (Å²) in [4.78, 5) is 4.85. The molecule has 2 saturated heterocycles. The maximum atomic E-state index is 8.63. The fourth-order valence-corrected chi connectivity index (χ4v) is 4.17. The van der Waals surface area contributed by atoms with Gasteiger partial charge in [-0.25, -0.2) is 0 Å². The SMILES string of the molecule is CN1CCC(CCCCBr)CC1.CN1CCC(CCCCO)CC1. The number of nitrogens with zero attached hydrogens (tertiary/aromatic N) is 2. The van der Waals surface area contributed by atoms with Crippen molar-refractivity contribution in [1.29, 1.82) is 0 Å². The van der Waals surface area contributed by atoms with Crippen LogP contribution >= 0.6 is 15.9 Å². The van der Waals surface area contributed by atoms with Gasteiger partial charge in [0.1, 0.15) is 0 Å². The Kier molecular flexibility index (Phi) is 13.6. The maximum absolute atomic E-state index is 8.63. The van der Waals surface area contributed by atoms with Crippen LogP contribution in [0.4, 0.5) is 0 Å². The molecular weight excluding hydrogens is 364 g/mol. The van der Waals surface area contributed by atoms with Gasteiger partial charge in [-0.3, -0.25) is 0 Å². The number of piperidine rings is 2. The Bertz CT molecular complexity index is 247. The van der Waals surface area contributed by atoms with Crippen LogP contribution < -0.4 is 0 Å². The third-order valence-electron chi connectivity index (χ3n) is 5.69. The second-order valence-electron chi connectivity index (χ2n) is 7.90. The fourth-order valence-electron chi connectivity index (χ4n) is 3.77. The first-order chi connectivity index (χ1) is 11.7. The number of hydrogen-bond donors (Lipinski definition) is 1. The number of alkyl halides is 1. The van der Waals surface area contributed by atoms with E-state index < -0.39 is 0 Å². The lowest BCUT2D eigenvalue weighted by atomic mass is 9.92. The van der Waals surface area contributed by atoms with Crippen LogP contribution in [0.2, 0.25) is 0 Å². The zero-order chi connectivity index (χ0) is 17.6. The lowest BCUT2D eigenvalue weighted by Crippen LogP contribution is -2.30. The van der Waals surface area contributed by atoms with Crippen LogP contribution in [0, 0.1) is 11.8 Å². The molecule has 2 aliphatic heterocycles. The molecule has 2 aliphatic rings. The minimum atomic E-state index is 0.368. The van der Waals surface area contributed by atoms with Gasteiger partial charge >= 0.3 is 0 Å². The van der Waals surface area contributed by atoms with Crippen LogP contribution in [0.3, 0.4) is 0 Å². The zero-order valence-electron chi connectivity index (χ0n) is 16.2. The van der Waals surface area contributed by atoms with Crippen LogP contribution in [0.25, 0.3) is 0 Å². The molecule has 2 rings (SSSR count). The summed E-state index contributed by atoms with van der Waals surface area (Å²) in [5, 5.41) is 9.81.